The van der Waals surface area contributed by atoms with Gasteiger partial charge in [-0.25, -0.2) is 8.42 Å². The van der Waals surface area contributed by atoms with Crippen molar-refractivity contribution < 1.29 is 17.9 Å². The van der Waals surface area contributed by atoms with Gasteiger partial charge in [-0.15, -0.1) is 0 Å². The maximum absolute atomic E-state index is 13.0. The van der Waals surface area contributed by atoms with E-state index in [0.717, 1.165) is 14.3 Å². The van der Waals surface area contributed by atoms with Crippen LogP contribution in [0.4, 0.5) is 0 Å². The van der Waals surface area contributed by atoms with Crippen LogP contribution in [0.1, 0.15) is 32.4 Å². The summed E-state index contributed by atoms with van der Waals surface area (Å²) in [6.07, 6.45) is 0. The molecule has 0 aliphatic heterocycles. The summed E-state index contributed by atoms with van der Waals surface area (Å²) >= 11 is 9.53. The van der Waals surface area contributed by atoms with Gasteiger partial charge in [0, 0.05) is 11.0 Å². The number of carbonyl (C=O) groups excluding carboxylic acids is 1. The van der Waals surface area contributed by atoms with Gasteiger partial charge in [-0.2, -0.15) is 4.31 Å². The van der Waals surface area contributed by atoms with E-state index in [1.807, 2.05) is 38.1 Å². The number of sulfonamides is 1. The molecule has 29 heavy (non-hydrogen) atoms. The highest BCUT2D eigenvalue weighted by Gasteiger charge is 2.26. The lowest BCUT2D eigenvalue weighted by molar-refractivity contribution is -0.121. The molecule has 0 heterocycles. The number of likely N-dealkylation sites (N-methyl/N-ethyl adjacent to an activating group) is 1. The van der Waals surface area contributed by atoms with Crippen LogP contribution in [-0.2, 0) is 14.8 Å². The number of ether oxygens (including phenoxy) is 1. The predicted octanol–water partition coefficient (Wildman–Crippen LogP) is 4.39. The summed E-state index contributed by atoms with van der Waals surface area (Å²) in [6.45, 7) is 5.61. The van der Waals surface area contributed by atoms with Crippen molar-refractivity contribution in [2.24, 2.45) is 0 Å². The zero-order chi connectivity index (χ0) is 21.6. The number of carbonyl (C=O) groups is 1. The normalized spacial score (nSPS) is 12.6. The number of amides is 1. The molecule has 1 N–H and O–H groups in total. The minimum absolute atomic E-state index is 0.0145. The SMILES string of the molecule is CCOc1ccc(S(=O)(=O)N(CC)CC(=O)N[C@@H](C)c2cccc(Br)c2)cc1Cl. The molecule has 1 amide bonds. The van der Waals surface area contributed by atoms with Crippen LogP contribution in [0.5, 0.6) is 5.75 Å². The van der Waals surface area contributed by atoms with E-state index < -0.39 is 10.0 Å². The Morgan fingerprint density at radius 1 is 1.24 bits per heavy atom. The van der Waals surface area contributed by atoms with Crippen molar-refractivity contribution in [2.45, 2.75) is 31.7 Å². The van der Waals surface area contributed by atoms with E-state index in [2.05, 4.69) is 21.2 Å². The first kappa shape index (κ1) is 23.7. The fraction of sp³-hybridized carbons (Fsp3) is 0.350. The molecule has 0 bridgehead atoms. The maximum Gasteiger partial charge on any atom is 0.243 e. The number of hydrogen-bond acceptors (Lipinski definition) is 4. The van der Waals surface area contributed by atoms with Gasteiger partial charge in [0.25, 0.3) is 0 Å². The van der Waals surface area contributed by atoms with E-state index >= 15 is 0 Å². The summed E-state index contributed by atoms with van der Waals surface area (Å²) in [6, 6.07) is 11.6. The van der Waals surface area contributed by atoms with Gasteiger partial charge in [0.2, 0.25) is 15.9 Å². The van der Waals surface area contributed by atoms with Crippen LogP contribution in [-0.4, -0.2) is 38.3 Å². The molecule has 0 saturated heterocycles. The van der Waals surface area contributed by atoms with E-state index in [1.165, 1.54) is 18.2 Å². The second-order valence-electron chi connectivity index (χ2n) is 6.30. The fourth-order valence-corrected chi connectivity index (χ4v) is 4.89. The van der Waals surface area contributed by atoms with Gasteiger partial charge in [0.1, 0.15) is 5.75 Å². The first-order valence-corrected chi connectivity index (χ1v) is 11.8. The van der Waals surface area contributed by atoms with Crippen LogP contribution < -0.4 is 10.1 Å². The Morgan fingerprint density at radius 3 is 2.55 bits per heavy atom. The van der Waals surface area contributed by atoms with Gasteiger partial charge in [-0.05, 0) is 49.7 Å². The molecule has 0 aliphatic carbocycles. The number of hydrogen-bond donors (Lipinski definition) is 1. The second kappa shape index (κ2) is 10.4. The van der Waals surface area contributed by atoms with E-state index in [4.69, 9.17) is 16.3 Å². The van der Waals surface area contributed by atoms with Crippen molar-refractivity contribution in [1.29, 1.82) is 0 Å². The fourth-order valence-electron chi connectivity index (χ4n) is 2.74. The van der Waals surface area contributed by atoms with Crippen LogP contribution in [0, 0.1) is 0 Å². The molecular weight excluding hydrogens is 480 g/mol. The lowest BCUT2D eigenvalue weighted by atomic mass is 10.1. The Hall–Kier alpha value is -1.61. The third kappa shape index (κ3) is 6.18. The smallest absolute Gasteiger partial charge is 0.243 e. The average molecular weight is 504 g/mol. The van der Waals surface area contributed by atoms with E-state index in [0.29, 0.717) is 12.4 Å². The van der Waals surface area contributed by atoms with E-state index in [1.54, 1.807) is 6.92 Å². The van der Waals surface area contributed by atoms with Crippen LogP contribution in [0.15, 0.2) is 51.8 Å². The van der Waals surface area contributed by atoms with Crippen molar-refractivity contribution in [3.63, 3.8) is 0 Å². The molecule has 1 atom stereocenters. The number of halogens is 2. The van der Waals surface area contributed by atoms with Crippen LogP contribution in [0.3, 0.4) is 0 Å². The van der Waals surface area contributed by atoms with Crippen molar-refractivity contribution in [2.75, 3.05) is 19.7 Å². The molecule has 6 nitrogen and oxygen atoms in total. The molecule has 0 aromatic heterocycles. The molecule has 2 aromatic rings. The van der Waals surface area contributed by atoms with Gasteiger partial charge < -0.3 is 10.1 Å². The van der Waals surface area contributed by atoms with E-state index in [-0.39, 0.29) is 35.0 Å². The van der Waals surface area contributed by atoms with Crippen LogP contribution in [0.2, 0.25) is 5.02 Å². The first-order chi connectivity index (χ1) is 13.7. The zero-order valence-electron chi connectivity index (χ0n) is 16.5. The molecular formula is C20H24BrClN2O4S. The van der Waals surface area contributed by atoms with Crippen molar-refractivity contribution in [1.82, 2.24) is 9.62 Å². The van der Waals surface area contributed by atoms with E-state index in [9.17, 15) is 13.2 Å². The number of rotatable bonds is 9. The minimum Gasteiger partial charge on any atom is -0.492 e. The quantitative estimate of drug-likeness (QED) is 0.551. The Morgan fingerprint density at radius 2 is 1.97 bits per heavy atom. The van der Waals surface area contributed by atoms with Crippen LogP contribution in [0.25, 0.3) is 0 Å². The van der Waals surface area contributed by atoms with Crippen LogP contribution >= 0.6 is 27.5 Å². The molecule has 158 valence electrons. The maximum atomic E-state index is 13.0. The zero-order valence-corrected chi connectivity index (χ0v) is 19.6. The average Bonchev–Trinajstić information content (AvgIpc) is 2.67. The number of nitrogens with one attached hydrogen (secondary N) is 1. The summed E-state index contributed by atoms with van der Waals surface area (Å²) in [5.74, 6) is 0.0247. The van der Waals surface area contributed by atoms with Crippen molar-refractivity contribution in [3.8, 4) is 5.75 Å². The standard InChI is InChI=1S/C20H24BrClN2O4S/c1-4-24(13-20(25)23-14(3)15-7-6-8-16(21)11-15)29(26,27)17-9-10-19(28-5-2)18(22)12-17/h6-12,14H,4-5,13H2,1-3H3,(H,23,25)/t14-/m0/s1. The summed E-state index contributed by atoms with van der Waals surface area (Å²) in [5, 5.41) is 3.04. The number of benzene rings is 2. The Kier molecular flexibility index (Phi) is 8.51. The molecule has 2 aromatic carbocycles. The molecule has 0 saturated carbocycles. The van der Waals surface area contributed by atoms with Crippen molar-refractivity contribution >= 4 is 43.5 Å². The second-order valence-corrected chi connectivity index (χ2v) is 9.56. The highest BCUT2D eigenvalue weighted by atomic mass is 79.9. The topological polar surface area (TPSA) is 75.7 Å². The minimum atomic E-state index is -3.88. The summed E-state index contributed by atoms with van der Waals surface area (Å²) < 4.78 is 33.3. The first-order valence-electron chi connectivity index (χ1n) is 9.16. The molecule has 9 heteroatoms. The summed E-state index contributed by atoms with van der Waals surface area (Å²) in [5.41, 5.74) is 0.914. The van der Waals surface area contributed by atoms with Gasteiger partial charge in [-0.3, -0.25) is 4.79 Å². The molecule has 2 rings (SSSR count). The third-order valence-electron chi connectivity index (χ3n) is 4.24. The summed E-state index contributed by atoms with van der Waals surface area (Å²) in [7, 11) is -3.88. The molecule has 0 aliphatic rings. The third-order valence-corrected chi connectivity index (χ3v) is 6.95. The number of nitrogens with zero attached hydrogens (tertiary/aromatic N) is 1. The Bertz CT molecular complexity index is 969. The van der Waals surface area contributed by atoms with Gasteiger partial charge in [-0.1, -0.05) is 46.6 Å². The molecule has 0 unspecified atom stereocenters. The highest BCUT2D eigenvalue weighted by Crippen LogP contribution is 2.28. The largest absolute Gasteiger partial charge is 0.492 e. The highest BCUT2D eigenvalue weighted by molar-refractivity contribution is 9.10. The lowest BCUT2D eigenvalue weighted by Gasteiger charge is -2.22. The molecule has 0 radical (unpaired) electrons. The predicted molar refractivity (Wildman–Crippen MR) is 118 cm³/mol. The van der Waals surface area contributed by atoms with Crippen molar-refractivity contribution in [3.05, 3.63) is 57.5 Å². The molecule has 0 fully saturated rings. The monoisotopic (exact) mass is 502 g/mol. The Labute approximate surface area is 185 Å². The van der Waals surface area contributed by atoms with Gasteiger partial charge in [0.15, 0.2) is 0 Å². The molecule has 0 spiro atoms. The Balaban J connectivity index is 2.13. The lowest BCUT2D eigenvalue weighted by Crippen LogP contribution is -2.41. The summed E-state index contributed by atoms with van der Waals surface area (Å²) in [4.78, 5) is 12.5. The van der Waals surface area contributed by atoms with Gasteiger partial charge in [0.05, 0.1) is 29.1 Å². The van der Waals surface area contributed by atoms with Gasteiger partial charge >= 0.3 is 0 Å².